The maximum atomic E-state index is 13.2. The smallest absolute Gasteiger partial charge is 0.337 e. The Kier molecular flexibility index (Phi) is 7.13. The van der Waals surface area contributed by atoms with Crippen molar-refractivity contribution in [3.8, 4) is 11.1 Å². The third-order valence-electron chi connectivity index (χ3n) is 6.68. The predicted molar refractivity (Wildman–Crippen MR) is 146 cm³/mol. The number of aliphatic carboxylic acids is 1. The van der Waals surface area contributed by atoms with Gasteiger partial charge in [-0.15, -0.1) is 0 Å². The molecule has 0 radical (unpaired) electrons. The van der Waals surface area contributed by atoms with Gasteiger partial charge in [0.1, 0.15) is 0 Å². The van der Waals surface area contributed by atoms with Gasteiger partial charge in [0.2, 0.25) is 10.0 Å². The number of carboxylic acids is 1. The van der Waals surface area contributed by atoms with Gasteiger partial charge in [0.25, 0.3) is 0 Å². The molecular formula is C27H33ClN2O6S. The van der Waals surface area contributed by atoms with Crippen LogP contribution in [0.4, 0.5) is 5.69 Å². The van der Waals surface area contributed by atoms with Gasteiger partial charge in [-0.2, -0.15) is 0 Å². The second-order valence-corrected chi connectivity index (χ2v) is 12.9. The molecule has 2 aromatic carbocycles. The van der Waals surface area contributed by atoms with Crippen LogP contribution >= 0.6 is 11.6 Å². The van der Waals surface area contributed by atoms with Gasteiger partial charge >= 0.3 is 5.97 Å². The first kappa shape index (κ1) is 27.4. The molecule has 3 aromatic rings. The highest BCUT2D eigenvalue weighted by molar-refractivity contribution is 7.92. The van der Waals surface area contributed by atoms with E-state index in [-0.39, 0.29) is 13.0 Å². The van der Waals surface area contributed by atoms with Gasteiger partial charge in [0.05, 0.1) is 29.1 Å². The zero-order chi connectivity index (χ0) is 27.4. The van der Waals surface area contributed by atoms with Crippen LogP contribution in [-0.4, -0.2) is 53.7 Å². The summed E-state index contributed by atoms with van der Waals surface area (Å²) >= 11 is 6.17. The van der Waals surface area contributed by atoms with Crippen LogP contribution in [0.2, 0.25) is 5.02 Å². The quantitative estimate of drug-likeness (QED) is 0.427. The fraction of sp³-hybridized carbons (Fsp3) is 0.444. The van der Waals surface area contributed by atoms with Crippen molar-refractivity contribution in [2.45, 2.75) is 65.3 Å². The highest BCUT2D eigenvalue weighted by Gasteiger charge is 2.40. The van der Waals surface area contributed by atoms with E-state index in [0.717, 1.165) is 22.9 Å². The number of carboxylic acid groups (broad SMARTS) is 1. The molecule has 1 aromatic heterocycles. The first-order chi connectivity index (χ1) is 17.2. The van der Waals surface area contributed by atoms with E-state index in [4.69, 9.17) is 16.3 Å². The second kappa shape index (κ2) is 9.62. The molecule has 0 bridgehead atoms. The van der Waals surface area contributed by atoms with Crippen molar-refractivity contribution in [3.05, 3.63) is 52.2 Å². The van der Waals surface area contributed by atoms with Crippen LogP contribution in [0, 0.1) is 13.8 Å². The average molecular weight is 549 g/mol. The molecule has 200 valence electrons. The summed E-state index contributed by atoms with van der Waals surface area (Å²) in [4.78, 5) is 12.7. The van der Waals surface area contributed by atoms with Crippen LogP contribution in [0.25, 0.3) is 22.0 Å². The zero-order valence-electron chi connectivity index (χ0n) is 21.9. The van der Waals surface area contributed by atoms with Crippen molar-refractivity contribution in [2.75, 3.05) is 17.2 Å². The summed E-state index contributed by atoms with van der Waals surface area (Å²) in [6, 6.07) is 8.58. The van der Waals surface area contributed by atoms with E-state index in [1.165, 1.54) is 4.31 Å². The Morgan fingerprint density at radius 3 is 2.35 bits per heavy atom. The summed E-state index contributed by atoms with van der Waals surface area (Å²) in [7, 11) is -3.78. The lowest BCUT2D eigenvalue weighted by molar-refractivity contribution is -0.160. The van der Waals surface area contributed by atoms with Crippen molar-refractivity contribution in [1.29, 1.82) is 0 Å². The van der Waals surface area contributed by atoms with Crippen molar-refractivity contribution in [3.63, 3.8) is 0 Å². The Hall–Kier alpha value is -2.59. The van der Waals surface area contributed by atoms with E-state index in [2.05, 4.69) is 4.57 Å². The van der Waals surface area contributed by atoms with Gasteiger partial charge in [-0.1, -0.05) is 23.7 Å². The molecule has 0 fully saturated rings. The van der Waals surface area contributed by atoms with Gasteiger partial charge < -0.3 is 19.5 Å². The highest BCUT2D eigenvalue weighted by Crippen LogP contribution is 2.49. The first-order valence-electron chi connectivity index (χ1n) is 12.1. The lowest BCUT2D eigenvalue weighted by atomic mass is 9.87. The summed E-state index contributed by atoms with van der Waals surface area (Å²) in [5.74, 6) is -1.18. The zero-order valence-corrected chi connectivity index (χ0v) is 23.4. The standard InChI is InChI=1S/C27H33ClN2O6S/c1-15-13-20-22(17-7-9-18(28)10-8-17)21(25(26(32)33)36-27(3,4)5)16(2)23-24(20)29(15)14-19(11-12-31)30(23)37(6,34)35/h7-10,13,19,25,31H,11-12,14H2,1-6H3,(H,32,33)/t19-,25-/m0/s1. The number of sulfonamides is 1. The van der Waals surface area contributed by atoms with Gasteiger partial charge in [-0.25, -0.2) is 13.2 Å². The van der Waals surface area contributed by atoms with Crippen molar-refractivity contribution >= 4 is 44.2 Å². The van der Waals surface area contributed by atoms with Crippen LogP contribution in [-0.2, 0) is 26.1 Å². The summed E-state index contributed by atoms with van der Waals surface area (Å²) < 4.78 is 35.9. The number of aliphatic hydroxyl groups is 1. The molecule has 0 saturated carbocycles. The Morgan fingerprint density at radius 1 is 1.22 bits per heavy atom. The molecular weight excluding hydrogens is 516 g/mol. The number of nitrogens with zero attached hydrogens (tertiary/aromatic N) is 2. The minimum absolute atomic E-state index is 0.185. The molecule has 10 heteroatoms. The summed E-state index contributed by atoms with van der Waals surface area (Å²) in [5.41, 5.74) is 3.55. The topological polar surface area (TPSA) is 109 Å². The molecule has 8 nitrogen and oxygen atoms in total. The van der Waals surface area contributed by atoms with E-state index in [1.807, 2.05) is 25.1 Å². The van der Waals surface area contributed by atoms with Gasteiger partial charge in [0, 0.05) is 34.8 Å². The summed E-state index contributed by atoms with van der Waals surface area (Å²) in [6.45, 7) is 9.22. The molecule has 0 unspecified atom stereocenters. The average Bonchev–Trinajstić information content (AvgIpc) is 3.10. The minimum Gasteiger partial charge on any atom is -0.479 e. The Bertz CT molecular complexity index is 1470. The molecule has 0 aliphatic carbocycles. The third-order valence-corrected chi connectivity index (χ3v) is 8.13. The van der Waals surface area contributed by atoms with E-state index in [0.29, 0.717) is 39.5 Å². The van der Waals surface area contributed by atoms with Gasteiger partial charge in [-0.05, 0) is 75.9 Å². The van der Waals surface area contributed by atoms with Crippen molar-refractivity contribution in [1.82, 2.24) is 4.57 Å². The fourth-order valence-electron chi connectivity index (χ4n) is 5.37. The monoisotopic (exact) mass is 548 g/mol. The normalized spacial score (nSPS) is 16.9. The number of halogens is 1. The van der Waals surface area contributed by atoms with Crippen LogP contribution in [0.1, 0.15) is 50.1 Å². The lowest BCUT2D eigenvalue weighted by Crippen LogP contribution is -2.46. The molecule has 2 heterocycles. The van der Waals surface area contributed by atoms with Crippen LogP contribution in [0.15, 0.2) is 30.3 Å². The number of carbonyl (C=O) groups is 1. The molecule has 1 aliphatic heterocycles. The highest BCUT2D eigenvalue weighted by atomic mass is 35.5. The molecule has 0 spiro atoms. The largest absolute Gasteiger partial charge is 0.479 e. The van der Waals surface area contributed by atoms with Crippen LogP contribution < -0.4 is 4.31 Å². The Morgan fingerprint density at radius 2 is 1.84 bits per heavy atom. The van der Waals surface area contributed by atoms with Crippen LogP contribution in [0.3, 0.4) is 0 Å². The molecule has 0 amide bonds. The fourth-order valence-corrected chi connectivity index (χ4v) is 6.76. The molecule has 37 heavy (non-hydrogen) atoms. The molecule has 2 atom stereocenters. The van der Waals surface area contributed by atoms with E-state index in [1.54, 1.807) is 39.8 Å². The molecule has 0 saturated heterocycles. The van der Waals surface area contributed by atoms with E-state index in [9.17, 15) is 23.4 Å². The summed E-state index contributed by atoms with van der Waals surface area (Å²) in [5, 5.41) is 21.4. The number of ether oxygens (including phenoxy) is 1. The van der Waals surface area contributed by atoms with Crippen LogP contribution in [0.5, 0.6) is 0 Å². The number of aryl methyl sites for hydroxylation is 1. The molecule has 2 N–H and O–H groups in total. The lowest BCUT2D eigenvalue weighted by Gasteiger charge is -2.39. The third kappa shape index (κ3) is 4.97. The first-order valence-corrected chi connectivity index (χ1v) is 14.3. The maximum Gasteiger partial charge on any atom is 0.337 e. The summed E-state index contributed by atoms with van der Waals surface area (Å²) in [6.07, 6.45) is 0.0103. The number of benzene rings is 2. The number of aromatic nitrogens is 1. The number of rotatable bonds is 7. The predicted octanol–water partition coefficient (Wildman–Crippen LogP) is 5.05. The Balaban J connectivity index is 2.22. The number of aliphatic hydroxyl groups excluding tert-OH is 1. The number of hydrogen-bond donors (Lipinski definition) is 2. The van der Waals surface area contributed by atoms with Gasteiger partial charge in [0.15, 0.2) is 6.10 Å². The molecule has 4 rings (SSSR count). The van der Waals surface area contributed by atoms with Crippen molar-refractivity contribution < 1.29 is 28.2 Å². The minimum atomic E-state index is -3.78. The maximum absolute atomic E-state index is 13.2. The SMILES string of the molecule is Cc1c([C@H](OC(C)(C)C)C(=O)O)c(-c2ccc(Cl)cc2)c2cc(C)n3c2c1N(S(C)(=O)=O)[C@@H](CCO)C3. The Labute approximate surface area is 222 Å². The molecule has 1 aliphatic rings. The van der Waals surface area contributed by atoms with Crippen molar-refractivity contribution in [2.24, 2.45) is 0 Å². The number of hydrogen-bond acceptors (Lipinski definition) is 5. The second-order valence-electron chi connectivity index (χ2n) is 10.6. The van der Waals surface area contributed by atoms with E-state index < -0.39 is 33.7 Å². The van der Waals surface area contributed by atoms with E-state index >= 15 is 0 Å². The van der Waals surface area contributed by atoms with Gasteiger partial charge in [-0.3, -0.25) is 4.31 Å². The number of anilines is 1.